The lowest BCUT2D eigenvalue weighted by molar-refractivity contribution is -0.151. The Morgan fingerprint density at radius 3 is 2.51 bits per heavy atom. The molecule has 39 heavy (non-hydrogen) atoms. The SMILES string of the molecule is COC(=O)[C@H]1CCCC[C@H]1N(Cc1ccc(F)cc1)C(=O)CC1=NS(=O)(=O)c2cc(NS(C)(=O)=O)ccc2N1. The summed E-state index contributed by atoms with van der Waals surface area (Å²) in [5.74, 6) is -2.01. The van der Waals surface area contributed by atoms with Crippen LogP contribution in [0.3, 0.4) is 0 Å². The molecule has 11 nitrogen and oxygen atoms in total. The number of rotatable bonds is 8. The summed E-state index contributed by atoms with van der Waals surface area (Å²) in [6.07, 6.45) is 3.20. The van der Waals surface area contributed by atoms with Gasteiger partial charge in [-0.25, -0.2) is 12.8 Å². The fourth-order valence-corrected chi connectivity index (χ4v) is 6.62. The number of methoxy groups -OCH3 is 1. The number of benzene rings is 2. The van der Waals surface area contributed by atoms with Gasteiger partial charge in [-0.05, 0) is 48.7 Å². The summed E-state index contributed by atoms with van der Waals surface area (Å²) in [6.45, 7) is 0.0778. The first-order valence-corrected chi connectivity index (χ1v) is 15.5. The van der Waals surface area contributed by atoms with E-state index in [1.165, 1.54) is 36.3 Å². The zero-order valence-corrected chi connectivity index (χ0v) is 23.0. The molecule has 1 amide bonds. The maximum absolute atomic E-state index is 13.7. The molecule has 2 atom stereocenters. The van der Waals surface area contributed by atoms with Gasteiger partial charge in [-0.2, -0.15) is 8.42 Å². The highest BCUT2D eigenvalue weighted by Crippen LogP contribution is 2.33. The quantitative estimate of drug-likeness (QED) is 0.453. The molecule has 1 saturated carbocycles. The second-order valence-corrected chi connectivity index (χ2v) is 12.9. The number of carbonyl (C=O) groups excluding carboxylic acids is 2. The Hall–Kier alpha value is -3.52. The first-order valence-electron chi connectivity index (χ1n) is 12.2. The van der Waals surface area contributed by atoms with Crippen LogP contribution in [0.1, 0.15) is 37.7 Å². The molecule has 0 aromatic heterocycles. The van der Waals surface area contributed by atoms with Crippen molar-refractivity contribution in [2.45, 2.75) is 49.6 Å². The van der Waals surface area contributed by atoms with Gasteiger partial charge in [0.2, 0.25) is 15.9 Å². The van der Waals surface area contributed by atoms with Crippen molar-refractivity contribution in [2.75, 3.05) is 23.4 Å². The molecule has 0 unspecified atom stereocenters. The first-order chi connectivity index (χ1) is 18.4. The van der Waals surface area contributed by atoms with Crippen molar-refractivity contribution in [3.05, 3.63) is 53.8 Å². The summed E-state index contributed by atoms with van der Waals surface area (Å²) in [5.41, 5.74) is 0.830. The van der Waals surface area contributed by atoms with Crippen molar-refractivity contribution in [3.63, 3.8) is 0 Å². The summed E-state index contributed by atoms with van der Waals surface area (Å²) in [4.78, 5) is 27.5. The number of sulfonamides is 2. The van der Waals surface area contributed by atoms with Crippen molar-refractivity contribution in [1.29, 1.82) is 0 Å². The van der Waals surface area contributed by atoms with Crippen LogP contribution < -0.4 is 10.0 Å². The van der Waals surface area contributed by atoms with Gasteiger partial charge in [0.15, 0.2) is 0 Å². The minimum Gasteiger partial charge on any atom is -0.469 e. The molecule has 2 N–H and O–H groups in total. The standard InChI is InChI=1S/C25H29FN4O7S2/c1-37-25(32)19-5-3-4-6-21(19)30(15-16-7-9-17(26)10-8-16)24(31)14-23-27-20-12-11-18(28-38(2,33)34)13-22(20)39(35,36)29-23/h7-13,19,21,28H,3-6,14-15H2,1-2H3,(H,27,29)/t19-,21+/m0/s1. The topological polar surface area (TPSA) is 151 Å². The van der Waals surface area contributed by atoms with Gasteiger partial charge >= 0.3 is 5.97 Å². The van der Waals surface area contributed by atoms with Gasteiger partial charge < -0.3 is 15.0 Å². The van der Waals surface area contributed by atoms with Gasteiger partial charge in [0.25, 0.3) is 10.0 Å². The highest BCUT2D eigenvalue weighted by atomic mass is 32.2. The molecular formula is C25H29FN4O7S2. The lowest BCUT2D eigenvalue weighted by atomic mass is 9.83. The van der Waals surface area contributed by atoms with E-state index in [1.54, 1.807) is 12.1 Å². The van der Waals surface area contributed by atoms with Crippen LogP contribution in [0.5, 0.6) is 0 Å². The van der Waals surface area contributed by atoms with Crippen molar-refractivity contribution in [1.82, 2.24) is 4.90 Å². The molecule has 2 aromatic rings. The van der Waals surface area contributed by atoms with Crippen LogP contribution in [0.4, 0.5) is 15.8 Å². The largest absolute Gasteiger partial charge is 0.469 e. The molecule has 2 aromatic carbocycles. The van der Waals surface area contributed by atoms with Crippen LogP contribution in [-0.2, 0) is 40.9 Å². The predicted octanol–water partition coefficient (Wildman–Crippen LogP) is 2.86. The third-order valence-electron chi connectivity index (χ3n) is 6.61. The zero-order valence-electron chi connectivity index (χ0n) is 21.4. The van der Waals surface area contributed by atoms with Crippen LogP contribution in [0.15, 0.2) is 51.8 Å². The van der Waals surface area contributed by atoms with Gasteiger partial charge in [0, 0.05) is 18.3 Å². The van der Waals surface area contributed by atoms with Gasteiger partial charge in [-0.3, -0.25) is 14.3 Å². The number of anilines is 2. The number of carbonyl (C=O) groups is 2. The molecule has 14 heteroatoms. The number of fused-ring (bicyclic) bond motifs is 1. The van der Waals surface area contributed by atoms with Crippen LogP contribution >= 0.6 is 0 Å². The number of nitrogens with zero attached hydrogens (tertiary/aromatic N) is 2. The number of amides is 1. The fraction of sp³-hybridized carbons (Fsp3) is 0.400. The lowest BCUT2D eigenvalue weighted by Crippen LogP contribution is -2.49. The number of esters is 1. The monoisotopic (exact) mass is 580 g/mol. The summed E-state index contributed by atoms with van der Waals surface area (Å²) in [5, 5.41) is 2.85. The van der Waals surface area contributed by atoms with E-state index in [9.17, 15) is 30.8 Å². The molecule has 0 spiro atoms. The number of halogens is 1. The Morgan fingerprint density at radius 1 is 1.15 bits per heavy atom. The number of hydrogen-bond donors (Lipinski definition) is 2. The third kappa shape index (κ3) is 6.92. The molecule has 1 heterocycles. The lowest BCUT2D eigenvalue weighted by Gasteiger charge is -2.39. The van der Waals surface area contributed by atoms with Crippen LogP contribution in [0, 0.1) is 11.7 Å². The Morgan fingerprint density at radius 2 is 1.85 bits per heavy atom. The minimum absolute atomic E-state index is 0.0491. The van der Waals surface area contributed by atoms with E-state index in [0.29, 0.717) is 18.4 Å². The Balaban J connectivity index is 1.62. The molecular weight excluding hydrogens is 551 g/mol. The van der Waals surface area contributed by atoms with E-state index in [0.717, 1.165) is 25.2 Å². The highest BCUT2D eigenvalue weighted by molar-refractivity contribution is 7.92. The molecule has 0 bridgehead atoms. The highest BCUT2D eigenvalue weighted by Gasteiger charge is 2.38. The smallest absolute Gasteiger partial charge is 0.310 e. The maximum Gasteiger partial charge on any atom is 0.310 e. The maximum atomic E-state index is 13.7. The second-order valence-electron chi connectivity index (χ2n) is 9.53. The molecule has 0 saturated heterocycles. The zero-order chi connectivity index (χ0) is 28.4. The summed E-state index contributed by atoms with van der Waals surface area (Å²) in [6, 6.07) is 9.06. The average molecular weight is 581 g/mol. The van der Waals surface area contributed by atoms with Gasteiger partial charge in [-0.15, -0.1) is 4.40 Å². The summed E-state index contributed by atoms with van der Waals surface area (Å²) >= 11 is 0. The number of nitrogens with one attached hydrogen (secondary N) is 2. The van der Waals surface area contributed by atoms with Crippen molar-refractivity contribution < 1.29 is 35.6 Å². The van der Waals surface area contributed by atoms with Crippen molar-refractivity contribution in [3.8, 4) is 0 Å². The summed E-state index contributed by atoms with van der Waals surface area (Å²) < 4.78 is 73.4. The Bertz CT molecular complexity index is 1510. The van der Waals surface area contributed by atoms with E-state index in [2.05, 4.69) is 14.4 Å². The molecule has 210 valence electrons. The van der Waals surface area contributed by atoms with E-state index < -0.39 is 56.1 Å². The summed E-state index contributed by atoms with van der Waals surface area (Å²) in [7, 11) is -6.60. The first kappa shape index (κ1) is 28.5. The fourth-order valence-electron chi connectivity index (χ4n) is 4.90. The molecule has 0 radical (unpaired) electrons. The predicted molar refractivity (Wildman–Crippen MR) is 142 cm³/mol. The van der Waals surface area contributed by atoms with Crippen molar-refractivity contribution >= 4 is 49.1 Å². The van der Waals surface area contributed by atoms with E-state index >= 15 is 0 Å². The van der Waals surface area contributed by atoms with E-state index in [1.807, 2.05) is 0 Å². The molecule has 4 rings (SSSR count). The van der Waals surface area contributed by atoms with Gasteiger partial charge in [0.1, 0.15) is 16.5 Å². The van der Waals surface area contributed by atoms with E-state index in [4.69, 9.17) is 4.74 Å². The van der Waals surface area contributed by atoms with Gasteiger partial charge in [-0.1, -0.05) is 25.0 Å². The number of amidine groups is 1. The minimum atomic E-state index is -4.25. The Labute approximate surface area is 226 Å². The number of ether oxygens (including phenoxy) is 1. The van der Waals surface area contributed by atoms with Crippen LogP contribution in [0.25, 0.3) is 0 Å². The molecule has 2 aliphatic rings. The van der Waals surface area contributed by atoms with Crippen molar-refractivity contribution in [2.24, 2.45) is 10.3 Å². The normalized spacial score (nSPS) is 20.1. The number of hydrogen-bond acceptors (Lipinski definition) is 8. The van der Waals surface area contributed by atoms with Crippen LogP contribution in [-0.4, -0.2) is 58.9 Å². The van der Waals surface area contributed by atoms with Crippen LogP contribution in [0.2, 0.25) is 0 Å². The Kier molecular flexibility index (Phi) is 8.25. The van der Waals surface area contributed by atoms with E-state index in [-0.39, 0.29) is 28.7 Å². The molecule has 1 fully saturated rings. The molecule has 1 aliphatic carbocycles. The second kappa shape index (κ2) is 11.3. The van der Waals surface area contributed by atoms with Gasteiger partial charge in [0.05, 0.1) is 31.4 Å². The molecule has 1 aliphatic heterocycles. The third-order valence-corrected chi connectivity index (χ3v) is 8.57. The average Bonchev–Trinajstić information content (AvgIpc) is 2.87.